The second kappa shape index (κ2) is 9.20. The number of rotatable bonds is 5. The van der Waals surface area contributed by atoms with Crippen molar-refractivity contribution in [2.45, 2.75) is 18.2 Å². The van der Waals surface area contributed by atoms with E-state index in [-0.39, 0.29) is 32.1 Å². The summed E-state index contributed by atoms with van der Waals surface area (Å²) in [4.78, 5) is 14.0. The van der Waals surface area contributed by atoms with E-state index >= 15 is 0 Å². The highest BCUT2D eigenvalue weighted by Crippen LogP contribution is 2.24. The van der Waals surface area contributed by atoms with Gasteiger partial charge in [0.25, 0.3) is 5.91 Å². The largest absolute Gasteiger partial charge is 0.336 e. The van der Waals surface area contributed by atoms with Crippen LogP contribution in [-0.2, 0) is 16.4 Å². The van der Waals surface area contributed by atoms with Crippen LogP contribution >= 0.6 is 11.6 Å². The van der Waals surface area contributed by atoms with Crippen molar-refractivity contribution in [2.75, 3.05) is 26.2 Å². The van der Waals surface area contributed by atoms with Gasteiger partial charge in [-0.05, 0) is 42.8 Å². The molecule has 1 aromatic heterocycles. The van der Waals surface area contributed by atoms with Gasteiger partial charge in [0.2, 0.25) is 10.0 Å². The zero-order valence-electron chi connectivity index (χ0n) is 17.7. The second-order valence-electron chi connectivity index (χ2n) is 7.52. The molecule has 0 atom stereocenters. The lowest BCUT2D eigenvalue weighted by atomic mass is 10.1. The number of hydrogen-bond donors (Lipinski definition) is 0. The number of piperazine rings is 1. The van der Waals surface area contributed by atoms with Crippen LogP contribution in [0.3, 0.4) is 0 Å². The molecule has 0 bridgehead atoms. The van der Waals surface area contributed by atoms with Gasteiger partial charge in [-0.1, -0.05) is 24.6 Å². The zero-order chi connectivity index (χ0) is 23.8. The van der Waals surface area contributed by atoms with E-state index in [0.29, 0.717) is 28.8 Å². The fourth-order valence-electron chi connectivity index (χ4n) is 3.84. The monoisotopic (exact) mass is 494 g/mol. The first-order valence-corrected chi connectivity index (χ1v) is 12.1. The molecule has 1 fully saturated rings. The average Bonchev–Trinajstić information content (AvgIpc) is 3.24. The Balaban J connectivity index is 1.52. The van der Waals surface area contributed by atoms with E-state index in [2.05, 4.69) is 5.10 Å². The minimum absolute atomic E-state index is 0.0338. The predicted octanol–water partition coefficient (Wildman–Crippen LogP) is 3.51. The maximum absolute atomic E-state index is 14.0. The van der Waals surface area contributed by atoms with Gasteiger partial charge in [-0.25, -0.2) is 21.9 Å². The Morgan fingerprint density at radius 3 is 2.48 bits per heavy atom. The van der Waals surface area contributed by atoms with E-state index in [1.165, 1.54) is 11.1 Å². The molecule has 0 saturated carbocycles. The number of amides is 1. The fourth-order valence-corrected chi connectivity index (χ4v) is 5.52. The van der Waals surface area contributed by atoms with Crippen molar-refractivity contribution >= 4 is 27.5 Å². The van der Waals surface area contributed by atoms with Gasteiger partial charge in [-0.3, -0.25) is 4.79 Å². The molecule has 1 saturated heterocycles. The summed E-state index contributed by atoms with van der Waals surface area (Å²) >= 11 is 6.08. The molecule has 0 radical (unpaired) electrons. The minimum atomic E-state index is -4.23. The molecule has 1 aliphatic heterocycles. The molecule has 0 spiro atoms. The lowest BCUT2D eigenvalue weighted by molar-refractivity contribution is 0.0696. The Hall–Kier alpha value is -2.82. The summed E-state index contributed by atoms with van der Waals surface area (Å²) in [7, 11) is -4.23. The SMILES string of the molecule is CCc1c(C(=O)N2CCN(S(=O)(=O)c3cc(F)ccc3F)CC2)cnn1-c1cccc(Cl)c1. The summed E-state index contributed by atoms with van der Waals surface area (Å²) in [6.07, 6.45) is 2.04. The molecule has 1 aliphatic rings. The van der Waals surface area contributed by atoms with E-state index in [0.717, 1.165) is 22.1 Å². The molecule has 2 heterocycles. The molecule has 4 rings (SSSR count). The summed E-state index contributed by atoms with van der Waals surface area (Å²) < 4.78 is 55.8. The van der Waals surface area contributed by atoms with Crippen LogP contribution < -0.4 is 0 Å². The number of sulfonamides is 1. The second-order valence-corrected chi connectivity index (χ2v) is 9.86. The van der Waals surface area contributed by atoms with E-state index in [1.807, 2.05) is 13.0 Å². The lowest BCUT2D eigenvalue weighted by Crippen LogP contribution is -2.50. The molecule has 2 aromatic carbocycles. The zero-order valence-corrected chi connectivity index (χ0v) is 19.3. The first-order valence-electron chi connectivity index (χ1n) is 10.3. The van der Waals surface area contributed by atoms with Gasteiger partial charge in [0, 0.05) is 31.2 Å². The van der Waals surface area contributed by atoms with Crippen molar-refractivity contribution < 1.29 is 22.0 Å². The van der Waals surface area contributed by atoms with Crippen LogP contribution in [0.2, 0.25) is 5.02 Å². The maximum Gasteiger partial charge on any atom is 0.257 e. The minimum Gasteiger partial charge on any atom is -0.336 e. The van der Waals surface area contributed by atoms with Crippen molar-refractivity contribution in [3.8, 4) is 5.69 Å². The Labute approximate surface area is 195 Å². The first kappa shape index (κ1) is 23.3. The van der Waals surface area contributed by atoms with Gasteiger partial charge in [-0.2, -0.15) is 9.40 Å². The molecule has 1 amide bonds. The van der Waals surface area contributed by atoms with Crippen LogP contribution in [0.4, 0.5) is 8.78 Å². The van der Waals surface area contributed by atoms with Crippen LogP contribution in [0.15, 0.2) is 53.6 Å². The number of benzene rings is 2. The van der Waals surface area contributed by atoms with Crippen LogP contribution in [-0.4, -0.2) is 59.5 Å². The molecular weight excluding hydrogens is 474 g/mol. The fraction of sp³-hybridized carbons (Fsp3) is 0.273. The summed E-state index contributed by atoms with van der Waals surface area (Å²) in [5.74, 6) is -2.13. The van der Waals surface area contributed by atoms with Crippen molar-refractivity contribution in [3.05, 3.63) is 76.6 Å². The number of halogens is 3. The molecule has 11 heteroatoms. The Kier molecular flexibility index (Phi) is 6.51. The van der Waals surface area contributed by atoms with Gasteiger partial charge in [-0.15, -0.1) is 0 Å². The highest BCUT2D eigenvalue weighted by molar-refractivity contribution is 7.89. The number of aromatic nitrogens is 2. The summed E-state index contributed by atoms with van der Waals surface area (Å²) in [6.45, 7) is 2.07. The standard InChI is InChI=1S/C22H21ClF2N4O3S/c1-2-20-18(14-26-29(20)17-5-3-4-15(23)12-17)22(30)27-8-10-28(11-9-27)33(31,32)21-13-16(24)6-7-19(21)25/h3-7,12-14H,2,8-11H2,1H3. The van der Waals surface area contributed by atoms with Crippen molar-refractivity contribution in [1.82, 2.24) is 19.0 Å². The highest BCUT2D eigenvalue weighted by atomic mass is 35.5. The van der Waals surface area contributed by atoms with Crippen LogP contribution in [0.25, 0.3) is 5.69 Å². The van der Waals surface area contributed by atoms with Gasteiger partial charge in [0.15, 0.2) is 0 Å². The molecular formula is C22H21ClF2N4O3S. The molecule has 0 aliphatic carbocycles. The van der Waals surface area contributed by atoms with Gasteiger partial charge in [0.1, 0.15) is 16.5 Å². The highest BCUT2D eigenvalue weighted by Gasteiger charge is 2.33. The third-order valence-electron chi connectivity index (χ3n) is 5.52. The van der Waals surface area contributed by atoms with E-state index in [1.54, 1.807) is 22.9 Å². The maximum atomic E-state index is 14.0. The molecule has 33 heavy (non-hydrogen) atoms. The van der Waals surface area contributed by atoms with Crippen molar-refractivity contribution in [1.29, 1.82) is 0 Å². The number of nitrogens with zero attached hydrogens (tertiary/aromatic N) is 4. The molecule has 0 unspecified atom stereocenters. The lowest BCUT2D eigenvalue weighted by Gasteiger charge is -2.34. The normalized spacial score (nSPS) is 15.1. The number of carbonyl (C=O) groups excluding carboxylic acids is 1. The molecule has 3 aromatic rings. The quantitative estimate of drug-likeness (QED) is 0.544. The van der Waals surface area contributed by atoms with Crippen molar-refractivity contribution in [3.63, 3.8) is 0 Å². The van der Waals surface area contributed by atoms with E-state index in [9.17, 15) is 22.0 Å². The van der Waals surface area contributed by atoms with Crippen LogP contribution in [0, 0.1) is 11.6 Å². The molecule has 174 valence electrons. The molecule has 0 N–H and O–H groups in total. The van der Waals surface area contributed by atoms with Crippen molar-refractivity contribution in [2.24, 2.45) is 0 Å². The Morgan fingerprint density at radius 1 is 1.09 bits per heavy atom. The number of hydrogen-bond acceptors (Lipinski definition) is 4. The Bertz CT molecular complexity index is 1300. The topological polar surface area (TPSA) is 75.5 Å². The third-order valence-corrected chi connectivity index (χ3v) is 7.67. The Morgan fingerprint density at radius 2 is 1.82 bits per heavy atom. The van der Waals surface area contributed by atoms with E-state index < -0.39 is 26.6 Å². The van der Waals surface area contributed by atoms with Gasteiger partial charge >= 0.3 is 0 Å². The summed E-state index contributed by atoms with van der Waals surface area (Å²) in [6, 6.07) is 9.43. The molecule has 7 nitrogen and oxygen atoms in total. The van der Waals surface area contributed by atoms with Gasteiger partial charge < -0.3 is 4.90 Å². The van der Waals surface area contributed by atoms with E-state index in [4.69, 9.17) is 11.6 Å². The van der Waals surface area contributed by atoms with Crippen LogP contribution in [0.5, 0.6) is 0 Å². The average molecular weight is 495 g/mol. The predicted molar refractivity (Wildman–Crippen MR) is 119 cm³/mol. The number of carbonyl (C=O) groups is 1. The smallest absolute Gasteiger partial charge is 0.257 e. The third kappa shape index (κ3) is 4.50. The first-order chi connectivity index (χ1) is 15.7. The summed E-state index contributed by atoms with van der Waals surface area (Å²) in [5.41, 5.74) is 1.86. The van der Waals surface area contributed by atoms with Crippen LogP contribution in [0.1, 0.15) is 23.0 Å². The summed E-state index contributed by atoms with van der Waals surface area (Å²) in [5, 5.41) is 4.90. The van der Waals surface area contributed by atoms with Gasteiger partial charge in [0.05, 0.1) is 23.1 Å².